The van der Waals surface area contributed by atoms with Crippen LogP contribution in [0.1, 0.15) is 52.2 Å². The Morgan fingerprint density at radius 2 is 1.97 bits per heavy atom. The van der Waals surface area contributed by atoms with E-state index in [1.165, 1.54) is 10.7 Å². The molecule has 1 spiro atoms. The van der Waals surface area contributed by atoms with Gasteiger partial charge in [-0.05, 0) is 61.3 Å². The minimum Gasteiger partial charge on any atom is -0.481 e. The number of hydrogen-bond donors (Lipinski definition) is 2. The number of carbonyl (C=O) groups excluding carboxylic acids is 1. The molecule has 0 bridgehead atoms. The topological polar surface area (TPSA) is 84.2 Å². The summed E-state index contributed by atoms with van der Waals surface area (Å²) < 4.78 is 40.4. The van der Waals surface area contributed by atoms with Crippen LogP contribution in [-0.4, -0.2) is 32.8 Å². The number of carboxylic acids is 1. The molecule has 5 rings (SSSR count). The van der Waals surface area contributed by atoms with Crippen LogP contribution >= 0.6 is 22.9 Å². The van der Waals surface area contributed by atoms with Gasteiger partial charge in [-0.2, -0.15) is 18.3 Å². The Kier molecular flexibility index (Phi) is 5.63. The number of carboxylic acid groups (broad SMARTS) is 1. The van der Waals surface area contributed by atoms with Crippen LogP contribution < -0.4 is 5.32 Å². The molecule has 2 saturated carbocycles. The number of nitrogens with zero attached hydrogens (tertiary/aromatic N) is 2. The van der Waals surface area contributed by atoms with Crippen LogP contribution in [0, 0.1) is 11.3 Å². The number of benzene rings is 1. The maximum atomic E-state index is 13.1. The van der Waals surface area contributed by atoms with Crippen molar-refractivity contribution in [1.82, 2.24) is 15.1 Å². The highest BCUT2D eigenvalue weighted by molar-refractivity contribution is 7.12. The van der Waals surface area contributed by atoms with Gasteiger partial charge in [0.1, 0.15) is 4.88 Å². The van der Waals surface area contributed by atoms with Gasteiger partial charge in [-0.1, -0.05) is 11.6 Å². The van der Waals surface area contributed by atoms with Crippen LogP contribution in [-0.2, 0) is 17.5 Å². The van der Waals surface area contributed by atoms with Crippen molar-refractivity contribution in [2.75, 3.05) is 0 Å². The van der Waals surface area contributed by atoms with Crippen molar-refractivity contribution in [2.24, 2.45) is 11.3 Å². The molecule has 1 amide bonds. The van der Waals surface area contributed by atoms with Crippen LogP contribution in [0.2, 0.25) is 5.02 Å². The predicted molar refractivity (Wildman–Crippen MR) is 121 cm³/mol. The van der Waals surface area contributed by atoms with Crippen molar-refractivity contribution in [3.8, 4) is 0 Å². The van der Waals surface area contributed by atoms with E-state index in [0.717, 1.165) is 31.7 Å². The number of aliphatic carboxylic acids is 1. The van der Waals surface area contributed by atoms with Crippen molar-refractivity contribution < 1.29 is 27.9 Å². The molecular formula is C23H21ClF3N3O3S. The molecule has 11 heteroatoms. The highest BCUT2D eigenvalue weighted by Crippen LogP contribution is 2.59. The van der Waals surface area contributed by atoms with Crippen molar-refractivity contribution >= 4 is 45.7 Å². The third kappa shape index (κ3) is 4.40. The number of amides is 1. The van der Waals surface area contributed by atoms with Gasteiger partial charge in [-0.15, -0.1) is 11.3 Å². The first-order valence-electron chi connectivity index (χ1n) is 10.8. The third-order valence-corrected chi connectivity index (χ3v) is 8.12. The number of carbonyl (C=O) groups is 2. The second kappa shape index (κ2) is 8.27. The van der Waals surface area contributed by atoms with E-state index >= 15 is 0 Å². The molecule has 3 aromatic rings. The van der Waals surface area contributed by atoms with Crippen molar-refractivity contribution in [2.45, 2.75) is 50.9 Å². The smallest absolute Gasteiger partial charge is 0.425 e. The molecule has 2 fully saturated rings. The Hall–Kier alpha value is -2.59. The standard InChI is InChI=1S/C23H21ClF3N3O3S/c24-14-4-13-10-28-30(11-16-1-2-18(34-16)23(25,26)27)20(13)17(5-14)21(33)29-15-8-22(9-15)6-12(7-22)3-19(31)32/h1-2,4-5,10,12,15H,3,6-9,11H2,(H,29,33)(H,31,32). The molecule has 2 aliphatic carbocycles. The maximum Gasteiger partial charge on any atom is 0.425 e. The lowest BCUT2D eigenvalue weighted by Gasteiger charge is -2.57. The number of hydrogen-bond acceptors (Lipinski definition) is 4. The lowest BCUT2D eigenvalue weighted by molar-refractivity contribution is -0.142. The predicted octanol–water partition coefficient (Wildman–Crippen LogP) is 5.58. The molecule has 180 valence electrons. The molecule has 0 atom stereocenters. The Balaban J connectivity index is 1.31. The van der Waals surface area contributed by atoms with Crippen LogP contribution in [0.3, 0.4) is 0 Å². The zero-order valence-corrected chi connectivity index (χ0v) is 19.4. The molecule has 2 aromatic heterocycles. The summed E-state index contributed by atoms with van der Waals surface area (Å²) in [6.45, 7) is 0.101. The summed E-state index contributed by atoms with van der Waals surface area (Å²) in [7, 11) is 0. The van der Waals surface area contributed by atoms with E-state index < -0.39 is 17.0 Å². The zero-order valence-electron chi connectivity index (χ0n) is 17.9. The Bertz CT molecular complexity index is 1270. The number of rotatable bonds is 6. The van der Waals surface area contributed by atoms with E-state index in [1.54, 1.807) is 18.3 Å². The van der Waals surface area contributed by atoms with E-state index in [-0.39, 0.29) is 36.2 Å². The molecule has 0 unspecified atom stereocenters. The summed E-state index contributed by atoms with van der Waals surface area (Å²) in [5, 5.41) is 17.3. The average Bonchev–Trinajstić information content (AvgIpc) is 3.31. The fraction of sp³-hybridized carbons (Fsp3) is 0.435. The summed E-state index contributed by atoms with van der Waals surface area (Å²) in [5.41, 5.74) is 0.979. The molecular weight excluding hydrogens is 491 g/mol. The number of nitrogens with one attached hydrogen (secondary N) is 1. The molecule has 34 heavy (non-hydrogen) atoms. The third-order valence-electron chi connectivity index (χ3n) is 6.79. The van der Waals surface area contributed by atoms with E-state index in [2.05, 4.69) is 10.4 Å². The number of halogens is 4. The summed E-state index contributed by atoms with van der Waals surface area (Å²) in [4.78, 5) is 23.8. The monoisotopic (exact) mass is 511 g/mol. The van der Waals surface area contributed by atoms with Crippen molar-refractivity contribution in [3.05, 3.63) is 50.8 Å². The molecule has 0 saturated heterocycles. The minimum absolute atomic E-state index is 0.00433. The molecule has 6 nitrogen and oxygen atoms in total. The summed E-state index contributed by atoms with van der Waals surface area (Å²) >= 11 is 6.87. The van der Waals surface area contributed by atoms with Gasteiger partial charge in [0.25, 0.3) is 5.91 Å². The van der Waals surface area contributed by atoms with Crippen molar-refractivity contribution in [1.29, 1.82) is 0 Å². The first-order valence-corrected chi connectivity index (χ1v) is 12.0. The fourth-order valence-electron chi connectivity index (χ4n) is 5.49. The van der Waals surface area contributed by atoms with Gasteiger partial charge in [-0.3, -0.25) is 14.3 Å². The van der Waals surface area contributed by atoms with Gasteiger partial charge in [0.15, 0.2) is 0 Å². The van der Waals surface area contributed by atoms with E-state index in [9.17, 15) is 22.8 Å². The van der Waals surface area contributed by atoms with Gasteiger partial charge in [0.2, 0.25) is 0 Å². The number of fused-ring (bicyclic) bond motifs is 1. The lowest BCUT2D eigenvalue weighted by atomic mass is 9.49. The number of alkyl halides is 3. The fourth-order valence-corrected chi connectivity index (χ4v) is 6.58. The van der Waals surface area contributed by atoms with Crippen LogP contribution in [0.15, 0.2) is 30.5 Å². The SMILES string of the molecule is O=C(O)CC1CC2(C1)CC(NC(=O)c1cc(Cl)cc3cnn(Cc4ccc(C(F)(F)F)s4)c13)C2. The highest BCUT2D eigenvalue weighted by Gasteiger charge is 2.53. The quantitative estimate of drug-likeness (QED) is 0.452. The summed E-state index contributed by atoms with van der Waals surface area (Å²) in [6, 6.07) is 5.68. The molecule has 0 aliphatic heterocycles. The van der Waals surface area contributed by atoms with Crippen LogP contribution in [0.4, 0.5) is 13.2 Å². The Morgan fingerprint density at radius 1 is 1.24 bits per heavy atom. The van der Waals surface area contributed by atoms with Gasteiger partial charge >= 0.3 is 12.1 Å². The highest BCUT2D eigenvalue weighted by atomic mass is 35.5. The minimum atomic E-state index is -4.40. The lowest BCUT2D eigenvalue weighted by Crippen LogP contribution is -2.56. The first kappa shape index (κ1) is 23.2. The van der Waals surface area contributed by atoms with Crippen LogP contribution in [0.5, 0.6) is 0 Å². The molecule has 2 aliphatic rings. The molecule has 1 aromatic carbocycles. The van der Waals surface area contributed by atoms with Gasteiger partial charge in [0.05, 0.1) is 23.8 Å². The second-order valence-electron chi connectivity index (χ2n) is 9.41. The largest absolute Gasteiger partial charge is 0.481 e. The summed E-state index contributed by atoms with van der Waals surface area (Å²) in [5.74, 6) is -0.869. The van der Waals surface area contributed by atoms with E-state index in [1.807, 2.05) is 0 Å². The second-order valence-corrected chi connectivity index (χ2v) is 11.0. The molecule has 0 radical (unpaired) electrons. The van der Waals surface area contributed by atoms with Gasteiger partial charge in [-0.25, -0.2) is 0 Å². The maximum absolute atomic E-state index is 13.1. The normalized spacial score (nSPS) is 24.1. The number of aromatic nitrogens is 2. The van der Waals surface area contributed by atoms with E-state index in [4.69, 9.17) is 16.7 Å². The van der Waals surface area contributed by atoms with Gasteiger partial charge < -0.3 is 10.4 Å². The van der Waals surface area contributed by atoms with Gasteiger partial charge in [0, 0.05) is 27.7 Å². The molecule has 2 N–H and O–H groups in total. The van der Waals surface area contributed by atoms with Crippen LogP contribution in [0.25, 0.3) is 10.9 Å². The molecule has 2 heterocycles. The summed E-state index contributed by atoms with van der Waals surface area (Å²) in [6.07, 6.45) is 0.715. The van der Waals surface area contributed by atoms with E-state index in [0.29, 0.717) is 37.7 Å². The average molecular weight is 512 g/mol. The zero-order chi connectivity index (χ0) is 24.3. The Labute approximate surface area is 201 Å². The first-order chi connectivity index (χ1) is 16.0. The van der Waals surface area contributed by atoms with Crippen molar-refractivity contribution in [3.63, 3.8) is 0 Å². The Morgan fingerprint density at radius 3 is 2.62 bits per heavy atom. The number of thiophene rings is 1.